The molecule has 0 unspecified atom stereocenters. The van der Waals surface area contributed by atoms with Gasteiger partial charge in [-0.1, -0.05) is 0 Å². The van der Waals surface area contributed by atoms with E-state index in [0.29, 0.717) is 10.8 Å². The molecule has 0 radical (unpaired) electrons. The van der Waals surface area contributed by atoms with Gasteiger partial charge in [0.05, 0.1) is 18.2 Å². The minimum atomic E-state index is -3.22. The molecule has 1 aliphatic rings. The Balaban J connectivity index is 1.64. The predicted octanol–water partition coefficient (Wildman–Crippen LogP) is 0.991. The number of piperidine rings is 1. The van der Waals surface area contributed by atoms with E-state index in [4.69, 9.17) is 0 Å². The average Bonchev–Trinajstić information content (AvgIpc) is 3.10. The number of aromatic amines is 2. The summed E-state index contributed by atoms with van der Waals surface area (Å²) < 4.78 is 23.5. The maximum Gasteiger partial charge on any atom is 0.178 e. The molecule has 3 rings (SSSR count). The summed E-state index contributed by atoms with van der Waals surface area (Å²) in [5.74, 6) is 0.442. The number of hydrogen-bond donors (Lipinski definition) is 2. The van der Waals surface area contributed by atoms with Crippen molar-refractivity contribution >= 4 is 9.84 Å². The van der Waals surface area contributed by atoms with E-state index in [1.165, 1.54) is 12.5 Å². The lowest BCUT2D eigenvalue weighted by Gasteiger charge is -2.32. The zero-order valence-electron chi connectivity index (χ0n) is 12.6. The molecule has 1 fully saturated rings. The van der Waals surface area contributed by atoms with Crippen molar-refractivity contribution in [1.29, 1.82) is 0 Å². The standard InChI is InChI=1S/C14H21N5O2S/c1-22(20,21)14-7-17-18-13(14)5-11-3-2-4-19(8-11)9-12-6-15-10-16-12/h6-7,10-11H,2-5,8-9H2,1H3,(H,15,16)(H,17,18)/t11-/m1/s1. The Morgan fingerprint density at radius 1 is 1.41 bits per heavy atom. The molecule has 0 bridgehead atoms. The zero-order chi connectivity index (χ0) is 15.6. The van der Waals surface area contributed by atoms with Crippen molar-refractivity contribution in [2.24, 2.45) is 5.92 Å². The number of nitrogens with zero attached hydrogens (tertiary/aromatic N) is 3. The van der Waals surface area contributed by atoms with E-state index < -0.39 is 9.84 Å². The highest BCUT2D eigenvalue weighted by Gasteiger charge is 2.24. The molecule has 1 atom stereocenters. The fourth-order valence-electron chi connectivity index (χ4n) is 3.13. The highest BCUT2D eigenvalue weighted by Crippen LogP contribution is 2.24. The Kier molecular flexibility index (Phi) is 4.30. The maximum atomic E-state index is 11.8. The SMILES string of the molecule is CS(=O)(=O)c1cn[nH]c1C[C@H]1CCCN(Cc2cnc[nH]2)C1. The van der Waals surface area contributed by atoms with Crippen LogP contribution in [0, 0.1) is 5.92 Å². The van der Waals surface area contributed by atoms with Crippen LogP contribution in [0.25, 0.3) is 0 Å². The third-order valence-electron chi connectivity index (χ3n) is 4.12. The van der Waals surface area contributed by atoms with Gasteiger partial charge in [0, 0.05) is 31.2 Å². The van der Waals surface area contributed by atoms with Crippen LogP contribution in [0.3, 0.4) is 0 Å². The van der Waals surface area contributed by atoms with E-state index in [9.17, 15) is 8.42 Å². The Bertz CT molecular complexity index is 707. The molecule has 2 aromatic rings. The van der Waals surface area contributed by atoms with Crippen LogP contribution in [0.4, 0.5) is 0 Å². The van der Waals surface area contributed by atoms with Crippen LogP contribution >= 0.6 is 0 Å². The second-order valence-corrected chi connectivity index (χ2v) is 7.99. The zero-order valence-corrected chi connectivity index (χ0v) is 13.4. The summed E-state index contributed by atoms with van der Waals surface area (Å²) in [7, 11) is -3.22. The van der Waals surface area contributed by atoms with Crippen LogP contribution in [0.5, 0.6) is 0 Å². The smallest absolute Gasteiger partial charge is 0.178 e. The summed E-state index contributed by atoms with van der Waals surface area (Å²) in [6.45, 7) is 2.89. The van der Waals surface area contributed by atoms with Crippen molar-refractivity contribution in [2.45, 2.75) is 30.7 Å². The molecule has 7 nitrogen and oxygen atoms in total. The first-order valence-corrected chi connectivity index (χ1v) is 9.33. The van der Waals surface area contributed by atoms with Gasteiger partial charge in [-0.15, -0.1) is 0 Å². The fraction of sp³-hybridized carbons (Fsp3) is 0.571. The molecule has 2 N–H and O–H groups in total. The Labute approximate surface area is 130 Å². The lowest BCUT2D eigenvalue weighted by Crippen LogP contribution is -2.36. The normalized spacial score (nSPS) is 20.3. The van der Waals surface area contributed by atoms with Gasteiger partial charge in [-0.05, 0) is 31.7 Å². The van der Waals surface area contributed by atoms with E-state index >= 15 is 0 Å². The van der Waals surface area contributed by atoms with Crippen molar-refractivity contribution in [3.05, 3.63) is 30.1 Å². The molecular formula is C14H21N5O2S. The van der Waals surface area contributed by atoms with Gasteiger partial charge in [-0.2, -0.15) is 5.10 Å². The van der Waals surface area contributed by atoms with Crippen LogP contribution in [-0.4, -0.2) is 52.8 Å². The largest absolute Gasteiger partial charge is 0.347 e. The van der Waals surface area contributed by atoms with Gasteiger partial charge < -0.3 is 4.98 Å². The summed E-state index contributed by atoms with van der Waals surface area (Å²) >= 11 is 0. The van der Waals surface area contributed by atoms with Crippen molar-refractivity contribution in [1.82, 2.24) is 25.1 Å². The lowest BCUT2D eigenvalue weighted by atomic mass is 9.93. The summed E-state index contributed by atoms with van der Waals surface area (Å²) in [6.07, 6.45) is 9.15. The first-order valence-electron chi connectivity index (χ1n) is 7.44. The fourth-order valence-corrected chi connectivity index (χ4v) is 3.95. The van der Waals surface area contributed by atoms with E-state index in [2.05, 4.69) is 25.1 Å². The number of likely N-dealkylation sites (tertiary alicyclic amines) is 1. The number of H-pyrrole nitrogens is 2. The molecule has 1 aliphatic heterocycles. The molecule has 120 valence electrons. The number of hydrogen-bond acceptors (Lipinski definition) is 5. The Morgan fingerprint density at radius 3 is 3.00 bits per heavy atom. The quantitative estimate of drug-likeness (QED) is 0.855. The highest BCUT2D eigenvalue weighted by molar-refractivity contribution is 7.90. The Morgan fingerprint density at radius 2 is 2.27 bits per heavy atom. The summed E-state index contributed by atoms with van der Waals surface area (Å²) in [4.78, 5) is 9.89. The number of rotatable bonds is 5. The van der Waals surface area contributed by atoms with Gasteiger partial charge in [0.25, 0.3) is 0 Å². The predicted molar refractivity (Wildman–Crippen MR) is 82.0 cm³/mol. The van der Waals surface area contributed by atoms with E-state index in [1.807, 2.05) is 6.20 Å². The number of sulfone groups is 1. The van der Waals surface area contributed by atoms with E-state index in [1.54, 1.807) is 6.33 Å². The third kappa shape index (κ3) is 3.56. The second-order valence-electron chi connectivity index (χ2n) is 6.01. The second kappa shape index (κ2) is 6.21. The molecule has 0 saturated carbocycles. The van der Waals surface area contributed by atoms with Crippen LogP contribution < -0.4 is 0 Å². The van der Waals surface area contributed by atoms with Gasteiger partial charge in [0.2, 0.25) is 0 Å². The molecule has 0 spiro atoms. The molecule has 3 heterocycles. The highest BCUT2D eigenvalue weighted by atomic mass is 32.2. The third-order valence-corrected chi connectivity index (χ3v) is 5.27. The monoisotopic (exact) mass is 323 g/mol. The van der Waals surface area contributed by atoms with Gasteiger partial charge in [0.1, 0.15) is 4.90 Å². The van der Waals surface area contributed by atoms with E-state index in [-0.39, 0.29) is 0 Å². The molecule has 0 aromatic carbocycles. The average molecular weight is 323 g/mol. The van der Waals surface area contributed by atoms with Gasteiger partial charge in [0.15, 0.2) is 9.84 Å². The maximum absolute atomic E-state index is 11.8. The van der Waals surface area contributed by atoms with Crippen molar-refractivity contribution in [2.75, 3.05) is 19.3 Å². The van der Waals surface area contributed by atoms with Crippen LogP contribution in [-0.2, 0) is 22.8 Å². The molecular weight excluding hydrogens is 302 g/mol. The first kappa shape index (κ1) is 15.2. The Hall–Kier alpha value is -1.67. The van der Waals surface area contributed by atoms with Crippen molar-refractivity contribution < 1.29 is 8.42 Å². The number of aromatic nitrogens is 4. The topological polar surface area (TPSA) is 94.7 Å². The molecule has 0 amide bonds. The number of imidazole rings is 1. The van der Waals surface area contributed by atoms with Gasteiger partial charge in [-0.25, -0.2) is 13.4 Å². The van der Waals surface area contributed by atoms with Gasteiger partial charge in [-0.3, -0.25) is 10.00 Å². The molecule has 1 saturated heterocycles. The molecule has 22 heavy (non-hydrogen) atoms. The van der Waals surface area contributed by atoms with Crippen molar-refractivity contribution in [3.8, 4) is 0 Å². The van der Waals surface area contributed by atoms with Crippen molar-refractivity contribution in [3.63, 3.8) is 0 Å². The number of nitrogens with one attached hydrogen (secondary N) is 2. The molecule has 8 heteroatoms. The van der Waals surface area contributed by atoms with Crippen LogP contribution in [0.1, 0.15) is 24.2 Å². The summed E-state index contributed by atoms with van der Waals surface area (Å²) in [6, 6.07) is 0. The minimum Gasteiger partial charge on any atom is -0.347 e. The van der Waals surface area contributed by atoms with Gasteiger partial charge >= 0.3 is 0 Å². The van der Waals surface area contributed by atoms with E-state index in [0.717, 1.165) is 50.3 Å². The van der Waals surface area contributed by atoms with Crippen LogP contribution in [0.15, 0.2) is 23.6 Å². The molecule has 0 aliphatic carbocycles. The van der Waals surface area contributed by atoms with Crippen LogP contribution in [0.2, 0.25) is 0 Å². The molecule has 2 aromatic heterocycles. The lowest BCUT2D eigenvalue weighted by molar-refractivity contribution is 0.164. The summed E-state index contributed by atoms with van der Waals surface area (Å²) in [5.41, 5.74) is 1.84. The minimum absolute atomic E-state index is 0.332. The first-order chi connectivity index (χ1) is 10.5. The summed E-state index contributed by atoms with van der Waals surface area (Å²) in [5, 5.41) is 6.76.